The molecule has 2 aromatic heterocycles. The van der Waals surface area contributed by atoms with Gasteiger partial charge >= 0.3 is 0 Å². The van der Waals surface area contributed by atoms with Crippen molar-refractivity contribution in [3.05, 3.63) is 64.0 Å². The third-order valence-corrected chi connectivity index (χ3v) is 4.87. The number of thioether (sulfide) groups is 1. The minimum absolute atomic E-state index is 0.178. The summed E-state index contributed by atoms with van der Waals surface area (Å²) in [6.07, 6.45) is 3.63. The van der Waals surface area contributed by atoms with E-state index in [9.17, 15) is 4.79 Å². The predicted octanol–water partition coefficient (Wildman–Crippen LogP) is 4.59. The maximum atomic E-state index is 12.3. The first kappa shape index (κ1) is 17.0. The number of nitrogens with one attached hydrogen (secondary N) is 1. The van der Waals surface area contributed by atoms with Gasteiger partial charge in [0.05, 0.1) is 22.8 Å². The monoisotopic (exact) mass is 377 g/mol. The van der Waals surface area contributed by atoms with E-state index in [2.05, 4.69) is 15.3 Å². The summed E-state index contributed by atoms with van der Waals surface area (Å²) in [4.78, 5) is 21.7. The molecule has 1 N–H and O–H groups in total. The number of halogens is 2. The van der Waals surface area contributed by atoms with Gasteiger partial charge in [-0.05, 0) is 42.7 Å². The average Bonchev–Trinajstić information content (AvgIpc) is 2.59. The van der Waals surface area contributed by atoms with E-state index >= 15 is 0 Å². The Morgan fingerprint density at radius 3 is 2.83 bits per heavy atom. The van der Waals surface area contributed by atoms with Gasteiger partial charge in [-0.2, -0.15) is 0 Å². The molecule has 7 heteroatoms. The maximum absolute atomic E-state index is 12.3. The van der Waals surface area contributed by atoms with Crippen molar-refractivity contribution in [1.29, 1.82) is 0 Å². The smallest absolute Gasteiger partial charge is 0.251 e. The molecule has 1 amide bonds. The van der Waals surface area contributed by atoms with Crippen LogP contribution in [-0.4, -0.2) is 22.1 Å². The van der Waals surface area contributed by atoms with E-state index < -0.39 is 0 Å². The average molecular weight is 378 g/mol. The largest absolute Gasteiger partial charge is 0.346 e. The lowest BCUT2D eigenvalue weighted by Gasteiger charge is -2.08. The van der Waals surface area contributed by atoms with Gasteiger partial charge in [-0.25, -0.2) is 4.98 Å². The molecule has 1 aromatic carbocycles. The lowest BCUT2D eigenvalue weighted by Crippen LogP contribution is -2.23. The van der Waals surface area contributed by atoms with Crippen molar-refractivity contribution in [3.63, 3.8) is 0 Å². The van der Waals surface area contributed by atoms with E-state index in [4.69, 9.17) is 23.2 Å². The number of carbonyl (C=O) groups is 1. The van der Waals surface area contributed by atoms with E-state index in [1.807, 2.05) is 18.4 Å². The molecule has 0 unspecified atom stereocenters. The zero-order valence-corrected chi connectivity index (χ0v) is 15.0. The fourth-order valence-corrected chi connectivity index (χ4v) is 3.21. The van der Waals surface area contributed by atoms with Gasteiger partial charge in [-0.15, -0.1) is 11.8 Å². The van der Waals surface area contributed by atoms with E-state index in [1.165, 1.54) is 11.8 Å². The van der Waals surface area contributed by atoms with Crippen LogP contribution in [-0.2, 0) is 6.54 Å². The summed E-state index contributed by atoms with van der Waals surface area (Å²) in [6.45, 7) is 0.306. The van der Waals surface area contributed by atoms with E-state index in [0.29, 0.717) is 28.0 Å². The Morgan fingerprint density at radius 1 is 1.21 bits per heavy atom. The van der Waals surface area contributed by atoms with Crippen LogP contribution in [0.5, 0.6) is 0 Å². The molecule has 0 aliphatic carbocycles. The van der Waals surface area contributed by atoms with Crippen LogP contribution in [0, 0.1) is 0 Å². The van der Waals surface area contributed by atoms with Crippen molar-refractivity contribution >= 4 is 51.8 Å². The second kappa shape index (κ2) is 7.38. The summed E-state index contributed by atoms with van der Waals surface area (Å²) < 4.78 is 0. The van der Waals surface area contributed by atoms with Crippen LogP contribution in [0.15, 0.2) is 47.5 Å². The topological polar surface area (TPSA) is 54.9 Å². The Bertz CT molecular complexity index is 917. The number of pyridine rings is 2. The predicted molar refractivity (Wildman–Crippen MR) is 99.0 cm³/mol. The molecule has 3 aromatic rings. The highest BCUT2D eigenvalue weighted by atomic mass is 35.5. The molecule has 0 aliphatic heterocycles. The number of rotatable bonds is 4. The van der Waals surface area contributed by atoms with Crippen molar-refractivity contribution in [2.24, 2.45) is 0 Å². The Kier molecular flexibility index (Phi) is 5.23. The number of hydrogen-bond acceptors (Lipinski definition) is 4. The summed E-state index contributed by atoms with van der Waals surface area (Å²) in [7, 11) is 0. The van der Waals surface area contributed by atoms with Crippen LogP contribution >= 0.6 is 35.0 Å². The maximum Gasteiger partial charge on any atom is 0.251 e. The van der Waals surface area contributed by atoms with Gasteiger partial charge in [0.15, 0.2) is 0 Å². The van der Waals surface area contributed by atoms with Crippen LogP contribution in [0.3, 0.4) is 0 Å². The van der Waals surface area contributed by atoms with Gasteiger partial charge in [-0.3, -0.25) is 9.78 Å². The van der Waals surface area contributed by atoms with Crippen molar-refractivity contribution in [1.82, 2.24) is 15.3 Å². The standard InChI is InChI=1S/C17H13Cl2N3OS/c1-24-15-6-10(2-4-13(15)18)17(23)21-9-12-7-14-11(8-20-12)3-5-16(19)22-14/h2-8H,9H2,1H3,(H,21,23). The Balaban J connectivity index is 1.74. The van der Waals surface area contributed by atoms with Crippen LogP contribution in [0.1, 0.15) is 16.1 Å². The molecule has 0 fully saturated rings. The Labute approximate surface area is 153 Å². The molecule has 0 saturated carbocycles. The normalized spacial score (nSPS) is 10.8. The van der Waals surface area contributed by atoms with Crippen LogP contribution < -0.4 is 5.32 Å². The number of amides is 1. The van der Waals surface area contributed by atoms with E-state index in [-0.39, 0.29) is 5.91 Å². The molecule has 4 nitrogen and oxygen atoms in total. The van der Waals surface area contributed by atoms with Gasteiger partial charge in [0.2, 0.25) is 0 Å². The molecular weight excluding hydrogens is 365 g/mol. The second-order valence-corrected chi connectivity index (χ2v) is 6.68. The summed E-state index contributed by atoms with van der Waals surface area (Å²) >= 11 is 13.5. The first-order valence-corrected chi connectivity index (χ1v) is 9.08. The first-order valence-electron chi connectivity index (χ1n) is 7.10. The fourth-order valence-electron chi connectivity index (χ4n) is 2.20. The minimum atomic E-state index is -0.178. The lowest BCUT2D eigenvalue weighted by atomic mass is 10.2. The molecule has 24 heavy (non-hydrogen) atoms. The van der Waals surface area contributed by atoms with Gasteiger partial charge in [0.25, 0.3) is 5.91 Å². The molecule has 0 atom stereocenters. The first-order chi connectivity index (χ1) is 11.6. The van der Waals surface area contributed by atoms with Gasteiger partial charge in [0.1, 0.15) is 5.15 Å². The molecule has 2 heterocycles. The van der Waals surface area contributed by atoms with Gasteiger partial charge in [-0.1, -0.05) is 23.2 Å². The zero-order valence-electron chi connectivity index (χ0n) is 12.7. The zero-order chi connectivity index (χ0) is 17.1. The van der Waals surface area contributed by atoms with Crippen molar-refractivity contribution in [3.8, 4) is 0 Å². The number of fused-ring (bicyclic) bond motifs is 1. The highest BCUT2D eigenvalue weighted by Crippen LogP contribution is 2.26. The molecular formula is C17H13Cl2N3OS. The Morgan fingerprint density at radius 2 is 2.04 bits per heavy atom. The second-order valence-electron chi connectivity index (χ2n) is 5.03. The van der Waals surface area contributed by atoms with Crippen molar-refractivity contribution < 1.29 is 4.79 Å². The van der Waals surface area contributed by atoms with Crippen LogP contribution in [0.4, 0.5) is 0 Å². The van der Waals surface area contributed by atoms with E-state index in [0.717, 1.165) is 15.8 Å². The number of nitrogens with zero attached hydrogens (tertiary/aromatic N) is 2. The number of carbonyl (C=O) groups excluding carboxylic acids is 1. The number of aromatic nitrogens is 2. The molecule has 122 valence electrons. The third kappa shape index (κ3) is 3.80. The fraction of sp³-hybridized carbons (Fsp3) is 0.118. The quantitative estimate of drug-likeness (QED) is 0.533. The summed E-state index contributed by atoms with van der Waals surface area (Å²) in [6, 6.07) is 10.6. The molecule has 0 radical (unpaired) electrons. The molecule has 0 bridgehead atoms. The third-order valence-electron chi connectivity index (χ3n) is 3.44. The number of hydrogen-bond donors (Lipinski definition) is 1. The number of benzene rings is 1. The van der Waals surface area contributed by atoms with Gasteiger partial charge < -0.3 is 5.32 Å². The lowest BCUT2D eigenvalue weighted by molar-refractivity contribution is 0.0950. The summed E-state index contributed by atoms with van der Waals surface area (Å²) in [5.41, 5.74) is 2.02. The molecule has 0 saturated heterocycles. The highest BCUT2D eigenvalue weighted by molar-refractivity contribution is 7.98. The van der Waals surface area contributed by atoms with Crippen molar-refractivity contribution in [2.45, 2.75) is 11.4 Å². The van der Waals surface area contributed by atoms with E-state index in [1.54, 1.807) is 30.5 Å². The van der Waals surface area contributed by atoms with Crippen molar-refractivity contribution in [2.75, 3.05) is 6.26 Å². The summed E-state index contributed by atoms with van der Waals surface area (Å²) in [5, 5.41) is 4.81. The summed E-state index contributed by atoms with van der Waals surface area (Å²) in [5.74, 6) is -0.178. The molecule has 0 aliphatic rings. The van der Waals surface area contributed by atoms with Gasteiger partial charge in [0, 0.05) is 22.0 Å². The van der Waals surface area contributed by atoms with Crippen LogP contribution in [0.2, 0.25) is 10.2 Å². The molecule has 0 spiro atoms. The SMILES string of the molecule is CSc1cc(C(=O)NCc2cc3nc(Cl)ccc3cn2)ccc1Cl. The Hall–Kier alpha value is -1.82. The highest BCUT2D eigenvalue weighted by Gasteiger charge is 2.09. The molecule has 3 rings (SSSR count). The van der Waals surface area contributed by atoms with Crippen LogP contribution in [0.25, 0.3) is 10.9 Å². The minimum Gasteiger partial charge on any atom is -0.346 e.